The number of aliphatic hydroxyl groups excluding tert-OH is 5. The molecule has 5 amide bonds. The van der Waals surface area contributed by atoms with Gasteiger partial charge in [0, 0.05) is 50.3 Å². The minimum Gasteiger partial charge on any atom is -0.396 e. The van der Waals surface area contributed by atoms with Gasteiger partial charge in [0.05, 0.1) is 18.5 Å². The van der Waals surface area contributed by atoms with Gasteiger partial charge in [0.2, 0.25) is 17.7 Å². The number of H-pyrrole nitrogens is 1. The van der Waals surface area contributed by atoms with Gasteiger partial charge < -0.3 is 45.9 Å². The van der Waals surface area contributed by atoms with E-state index in [1.54, 1.807) is 6.20 Å². The minimum atomic E-state index is -1.48. The summed E-state index contributed by atoms with van der Waals surface area (Å²) in [4.78, 5) is 57.4. The van der Waals surface area contributed by atoms with Gasteiger partial charge in [-0.2, -0.15) is 0 Å². The number of amides is 5. The van der Waals surface area contributed by atoms with Crippen LogP contribution in [0.4, 0.5) is 4.79 Å². The standard InChI is InChI=1S/C24H36N6O10/c31-9-12-5-11(18(34)19(12)35)6-17(33)28-14(2-1-13-7-25-10-27-13)22(38)26-8-15-20(36)21(37)23(40-15)30-4-3-16(32)29-24(30)39/h7,10-12,14-15,18-21,23,31,34-37H,1-6,8-9H2,(H,25,27)(H,26,38)(H,28,33)(H,29,32,39)/t11-,12+,14-,15?,18+,19+,20-,21-,23-/m1/s1. The summed E-state index contributed by atoms with van der Waals surface area (Å²) in [6.07, 6.45) is -3.86. The third kappa shape index (κ3) is 6.76. The predicted molar refractivity (Wildman–Crippen MR) is 133 cm³/mol. The molecule has 40 heavy (non-hydrogen) atoms. The van der Waals surface area contributed by atoms with Gasteiger partial charge in [-0.3, -0.25) is 24.6 Å². The van der Waals surface area contributed by atoms with Crippen LogP contribution in [0.15, 0.2) is 12.5 Å². The zero-order chi connectivity index (χ0) is 29.0. The molecule has 3 fully saturated rings. The lowest BCUT2D eigenvalue weighted by atomic mass is 9.99. The molecule has 0 bridgehead atoms. The Morgan fingerprint density at radius 2 is 1.88 bits per heavy atom. The van der Waals surface area contributed by atoms with Crippen LogP contribution in [-0.4, -0.2) is 127 Å². The molecule has 1 aromatic heterocycles. The van der Waals surface area contributed by atoms with Gasteiger partial charge in [0.15, 0.2) is 6.23 Å². The summed E-state index contributed by atoms with van der Waals surface area (Å²) in [6.45, 7) is -0.577. The van der Waals surface area contributed by atoms with Crippen LogP contribution in [0, 0.1) is 11.8 Å². The molecule has 0 aromatic carbocycles. The van der Waals surface area contributed by atoms with E-state index < -0.39 is 78.4 Å². The molecule has 3 aliphatic rings. The number of imidazole rings is 1. The van der Waals surface area contributed by atoms with Crippen molar-refractivity contribution in [3.8, 4) is 0 Å². The van der Waals surface area contributed by atoms with Crippen LogP contribution < -0.4 is 16.0 Å². The molecule has 1 aromatic rings. The Kier molecular flexibility index (Phi) is 9.70. The number of imide groups is 1. The largest absolute Gasteiger partial charge is 0.396 e. The lowest BCUT2D eigenvalue weighted by Gasteiger charge is -2.32. The number of nitrogens with zero attached hydrogens (tertiary/aromatic N) is 2. The number of ether oxygens (including phenoxy) is 1. The average molecular weight is 569 g/mol. The second kappa shape index (κ2) is 13.0. The molecule has 9 atom stereocenters. The topological polar surface area (TPSA) is 247 Å². The number of aliphatic hydroxyl groups is 5. The van der Waals surface area contributed by atoms with E-state index in [4.69, 9.17) is 4.74 Å². The Hall–Kier alpha value is -3.15. The van der Waals surface area contributed by atoms with Gasteiger partial charge in [-0.25, -0.2) is 9.78 Å². The molecule has 0 radical (unpaired) electrons. The Labute approximate surface area is 229 Å². The molecule has 16 nitrogen and oxygen atoms in total. The molecule has 3 heterocycles. The number of aromatic amines is 1. The van der Waals surface area contributed by atoms with Crippen molar-refractivity contribution in [1.82, 2.24) is 30.8 Å². The monoisotopic (exact) mass is 568 g/mol. The molecular weight excluding hydrogens is 532 g/mol. The van der Waals surface area contributed by atoms with Crippen LogP contribution in [0.5, 0.6) is 0 Å². The van der Waals surface area contributed by atoms with Crippen molar-refractivity contribution in [2.75, 3.05) is 19.7 Å². The minimum absolute atomic E-state index is 0.00499. The van der Waals surface area contributed by atoms with E-state index in [1.165, 1.54) is 6.33 Å². The highest BCUT2D eigenvalue weighted by atomic mass is 16.6. The molecule has 1 unspecified atom stereocenters. The molecule has 0 spiro atoms. The van der Waals surface area contributed by atoms with E-state index in [2.05, 4.69) is 25.9 Å². The number of hydrogen-bond acceptors (Lipinski definition) is 11. The van der Waals surface area contributed by atoms with Crippen LogP contribution >= 0.6 is 0 Å². The van der Waals surface area contributed by atoms with E-state index in [9.17, 15) is 44.7 Å². The van der Waals surface area contributed by atoms with E-state index in [0.29, 0.717) is 6.42 Å². The van der Waals surface area contributed by atoms with E-state index in [-0.39, 0.29) is 45.4 Å². The Morgan fingerprint density at radius 1 is 1.12 bits per heavy atom. The number of hydrogen-bond donors (Lipinski definition) is 9. The van der Waals surface area contributed by atoms with Gasteiger partial charge in [-0.05, 0) is 25.2 Å². The molecule has 9 N–H and O–H groups in total. The SMILES string of the molecule is O=C1CCN([C@@H]2OC(CNC(=O)[C@@H](CCc3cnc[nH]3)NC(=O)C[C@H]3C[C@@H](CO)[C@H](O)[C@H]3O)[C@@H](O)[C@H]2O)C(=O)N1. The average Bonchev–Trinajstić information content (AvgIpc) is 3.61. The van der Waals surface area contributed by atoms with Crippen LogP contribution in [0.1, 0.15) is 31.4 Å². The molecule has 1 aliphatic carbocycles. The summed E-state index contributed by atoms with van der Waals surface area (Å²) >= 11 is 0. The number of aryl methyl sites for hydroxylation is 1. The first kappa shape index (κ1) is 29.8. The quantitative estimate of drug-likeness (QED) is 0.125. The van der Waals surface area contributed by atoms with E-state index in [1.807, 2.05) is 0 Å². The Morgan fingerprint density at radius 3 is 2.52 bits per heavy atom. The fraction of sp³-hybridized carbons (Fsp3) is 0.708. The fourth-order valence-corrected chi connectivity index (χ4v) is 5.39. The van der Waals surface area contributed by atoms with Crippen LogP contribution in [-0.2, 0) is 25.5 Å². The third-order valence-electron chi connectivity index (χ3n) is 7.72. The maximum atomic E-state index is 13.1. The highest BCUT2D eigenvalue weighted by molar-refractivity contribution is 5.96. The maximum Gasteiger partial charge on any atom is 0.326 e. The van der Waals surface area contributed by atoms with Gasteiger partial charge in [-0.1, -0.05) is 0 Å². The van der Waals surface area contributed by atoms with Gasteiger partial charge in [-0.15, -0.1) is 0 Å². The summed E-state index contributed by atoms with van der Waals surface area (Å²) < 4.78 is 5.66. The van der Waals surface area contributed by atoms with Crippen LogP contribution in [0.2, 0.25) is 0 Å². The van der Waals surface area contributed by atoms with Gasteiger partial charge in [0.1, 0.15) is 24.4 Å². The summed E-state index contributed by atoms with van der Waals surface area (Å²) in [5, 5.41) is 57.9. The molecular formula is C24H36N6O10. The number of urea groups is 1. The zero-order valence-corrected chi connectivity index (χ0v) is 21.7. The van der Waals surface area contributed by atoms with E-state index >= 15 is 0 Å². The lowest BCUT2D eigenvalue weighted by molar-refractivity contribution is -0.131. The van der Waals surface area contributed by atoms with Crippen molar-refractivity contribution >= 4 is 23.8 Å². The molecule has 16 heteroatoms. The number of nitrogens with one attached hydrogen (secondary N) is 4. The first-order valence-electron chi connectivity index (χ1n) is 13.2. The summed E-state index contributed by atoms with van der Waals surface area (Å²) in [7, 11) is 0. The fourth-order valence-electron chi connectivity index (χ4n) is 5.39. The predicted octanol–water partition coefficient (Wildman–Crippen LogP) is -3.93. The summed E-state index contributed by atoms with van der Waals surface area (Å²) in [5.74, 6) is -2.72. The van der Waals surface area contributed by atoms with Gasteiger partial charge in [0.25, 0.3) is 0 Å². The molecule has 1 saturated carbocycles. The van der Waals surface area contributed by atoms with Crippen molar-refractivity contribution < 1.29 is 49.4 Å². The molecule has 4 rings (SSSR count). The molecule has 2 aliphatic heterocycles. The van der Waals surface area contributed by atoms with E-state index in [0.717, 1.165) is 10.6 Å². The summed E-state index contributed by atoms with van der Waals surface area (Å²) in [6, 6.07) is -1.78. The molecule has 222 valence electrons. The van der Waals surface area contributed by atoms with Crippen molar-refractivity contribution in [3.05, 3.63) is 18.2 Å². The van der Waals surface area contributed by atoms with Crippen molar-refractivity contribution in [2.45, 2.75) is 74.9 Å². The highest BCUT2D eigenvalue weighted by Crippen LogP contribution is 2.33. The number of carbonyl (C=O) groups is 4. The second-order valence-electron chi connectivity index (χ2n) is 10.4. The van der Waals surface area contributed by atoms with Crippen molar-refractivity contribution in [1.29, 1.82) is 0 Å². The highest BCUT2D eigenvalue weighted by Gasteiger charge is 2.48. The number of carbonyl (C=O) groups excluding carboxylic acids is 4. The summed E-state index contributed by atoms with van der Waals surface area (Å²) in [5.41, 5.74) is 0.728. The first-order chi connectivity index (χ1) is 19.1. The third-order valence-corrected chi connectivity index (χ3v) is 7.72. The number of rotatable bonds is 11. The van der Waals surface area contributed by atoms with Crippen LogP contribution in [0.3, 0.4) is 0 Å². The Balaban J connectivity index is 1.34. The van der Waals surface area contributed by atoms with Crippen molar-refractivity contribution in [3.63, 3.8) is 0 Å². The van der Waals surface area contributed by atoms with Gasteiger partial charge >= 0.3 is 6.03 Å². The smallest absolute Gasteiger partial charge is 0.326 e. The van der Waals surface area contributed by atoms with Crippen LogP contribution in [0.25, 0.3) is 0 Å². The van der Waals surface area contributed by atoms with Crippen molar-refractivity contribution in [2.24, 2.45) is 11.8 Å². The maximum absolute atomic E-state index is 13.1. The first-order valence-corrected chi connectivity index (χ1v) is 13.2. The zero-order valence-electron chi connectivity index (χ0n) is 21.7. The second-order valence-corrected chi connectivity index (χ2v) is 10.4. The molecule has 2 saturated heterocycles. The Bertz CT molecular complexity index is 1060. The lowest BCUT2D eigenvalue weighted by Crippen LogP contribution is -2.56. The normalized spacial score (nSPS) is 33.1. The number of aromatic nitrogens is 2.